The van der Waals surface area contributed by atoms with Crippen LogP contribution in [0, 0.1) is 11.7 Å². The second-order valence-electron chi connectivity index (χ2n) is 4.53. The zero-order valence-electron chi connectivity index (χ0n) is 9.95. The third-order valence-corrected chi connectivity index (χ3v) is 3.30. The average molecular weight is 239 g/mol. The monoisotopic (exact) mass is 239 g/mol. The maximum Gasteiger partial charge on any atom is 0.123 e. The summed E-state index contributed by atoms with van der Waals surface area (Å²) in [5.74, 6) is 0.317. The van der Waals surface area contributed by atoms with E-state index in [0.717, 1.165) is 19.6 Å². The van der Waals surface area contributed by atoms with Gasteiger partial charge in [-0.25, -0.2) is 4.39 Å². The van der Waals surface area contributed by atoms with E-state index in [4.69, 9.17) is 4.74 Å². The number of hydrogen-bond donors (Lipinski definition) is 2. The number of halogens is 1. The Hall–Kier alpha value is -1.13. The summed E-state index contributed by atoms with van der Waals surface area (Å²) in [7, 11) is 0. The highest BCUT2D eigenvalue weighted by atomic mass is 19.1. The number of benzene rings is 1. The molecule has 1 aromatic carbocycles. The van der Waals surface area contributed by atoms with Gasteiger partial charge in [0.25, 0.3) is 0 Å². The minimum atomic E-state index is -0.322. The van der Waals surface area contributed by atoms with Crippen molar-refractivity contribution in [1.29, 1.82) is 0 Å². The number of ether oxygens (including phenoxy) is 1. The van der Waals surface area contributed by atoms with Gasteiger partial charge in [-0.3, -0.25) is 0 Å². The molecule has 0 aromatic heterocycles. The van der Waals surface area contributed by atoms with Crippen molar-refractivity contribution in [3.05, 3.63) is 29.6 Å². The molecule has 94 valence electrons. The number of aromatic hydroxyl groups is 1. The lowest BCUT2D eigenvalue weighted by Crippen LogP contribution is -2.26. The minimum Gasteiger partial charge on any atom is -0.508 e. The number of phenolic OH excluding ortho intramolecular Hbond substituents is 1. The molecular weight excluding hydrogens is 221 g/mol. The molecule has 1 heterocycles. The zero-order valence-corrected chi connectivity index (χ0v) is 9.95. The first-order chi connectivity index (χ1) is 8.16. The molecule has 1 aliphatic heterocycles. The van der Waals surface area contributed by atoms with Crippen LogP contribution in [0.5, 0.6) is 5.75 Å². The molecule has 0 saturated carbocycles. The topological polar surface area (TPSA) is 41.5 Å². The highest BCUT2D eigenvalue weighted by Crippen LogP contribution is 2.20. The number of phenols is 1. The summed E-state index contributed by atoms with van der Waals surface area (Å²) in [5.41, 5.74) is 0.594. The maximum atomic E-state index is 13.0. The van der Waals surface area contributed by atoms with E-state index < -0.39 is 0 Å². The van der Waals surface area contributed by atoms with Crippen molar-refractivity contribution in [2.24, 2.45) is 5.92 Å². The standard InChI is InChI=1S/C13H18FNO2/c1-9-10(4-5-17-9)7-15-8-11-6-12(14)2-3-13(11)16/h2-3,6,9-10,15-16H,4-5,7-8H2,1H3. The Morgan fingerprint density at radius 1 is 1.53 bits per heavy atom. The fourth-order valence-electron chi connectivity index (χ4n) is 2.13. The molecule has 4 heteroatoms. The largest absolute Gasteiger partial charge is 0.508 e. The van der Waals surface area contributed by atoms with E-state index in [1.54, 1.807) is 0 Å². The lowest BCUT2D eigenvalue weighted by molar-refractivity contribution is 0.105. The van der Waals surface area contributed by atoms with E-state index >= 15 is 0 Å². The van der Waals surface area contributed by atoms with E-state index in [9.17, 15) is 9.50 Å². The van der Waals surface area contributed by atoms with Crippen LogP contribution >= 0.6 is 0 Å². The van der Waals surface area contributed by atoms with Gasteiger partial charge in [0.2, 0.25) is 0 Å². The first-order valence-electron chi connectivity index (χ1n) is 5.96. The fourth-order valence-corrected chi connectivity index (χ4v) is 2.13. The van der Waals surface area contributed by atoms with Crippen LogP contribution in [0.1, 0.15) is 18.9 Å². The van der Waals surface area contributed by atoms with Crippen molar-refractivity contribution in [3.63, 3.8) is 0 Å². The molecule has 1 fully saturated rings. The second kappa shape index (κ2) is 5.47. The quantitative estimate of drug-likeness (QED) is 0.845. The third kappa shape index (κ3) is 3.17. The van der Waals surface area contributed by atoms with Crippen LogP contribution in [0.3, 0.4) is 0 Å². The molecule has 17 heavy (non-hydrogen) atoms. The van der Waals surface area contributed by atoms with E-state index in [1.807, 2.05) is 0 Å². The van der Waals surface area contributed by atoms with Crippen LogP contribution in [0.4, 0.5) is 4.39 Å². The molecule has 0 spiro atoms. The summed E-state index contributed by atoms with van der Waals surface area (Å²) < 4.78 is 18.4. The Morgan fingerprint density at radius 2 is 2.35 bits per heavy atom. The zero-order chi connectivity index (χ0) is 12.3. The number of rotatable bonds is 4. The van der Waals surface area contributed by atoms with Crippen molar-refractivity contribution in [2.75, 3.05) is 13.2 Å². The SMILES string of the molecule is CC1OCCC1CNCc1cc(F)ccc1O. The van der Waals surface area contributed by atoms with Crippen LogP contribution in [-0.4, -0.2) is 24.4 Å². The highest BCUT2D eigenvalue weighted by Gasteiger charge is 2.23. The Kier molecular flexibility index (Phi) is 3.97. The van der Waals surface area contributed by atoms with Gasteiger partial charge in [-0.1, -0.05) is 0 Å². The second-order valence-corrected chi connectivity index (χ2v) is 4.53. The molecule has 0 bridgehead atoms. The summed E-state index contributed by atoms with van der Waals surface area (Å²) in [6, 6.07) is 4.00. The molecule has 0 radical (unpaired) electrons. The summed E-state index contributed by atoms with van der Waals surface area (Å²) >= 11 is 0. The van der Waals surface area contributed by atoms with E-state index in [0.29, 0.717) is 18.0 Å². The van der Waals surface area contributed by atoms with Gasteiger partial charge in [0.15, 0.2) is 0 Å². The Balaban J connectivity index is 1.83. The van der Waals surface area contributed by atoms with Crippen LogP contribution in [0.2, 0.25) is 0 Å². The fraction of sp³-hybridized carbons (Fsp3) is 0.538. The van der Waals surface area contributed by atoms with Crippen molar-refractivity contribution < 1.29 is 14.2 Å². The Morgan fingerprint density at radius 3 is 3.06 bits per heavy atom. The minimum absolute atomic E-state index is 0.134. The molecule has 2 rings (SSSR count). The molecule has 1 aromatic rings. The summed E-state index contributed by atoms with van der Waals surface area (Å²) in [6.07, 6.45) is 1.34. The van der Waals surface area contributed by atoms with Crippen molar-refractivity contribution in [3.8, 4) is 5.75 Å². The summed E-state index contributed by atoms with van der Waals surface area (Å²) in [5, 5.41) is 12.8. The summed E-state index contributed by atoms with van der Waals surface area (Å²) in [6.45, 7) is 4.20. The Labute approximate surface area is 101 Å². The average Bonchev–Trinajstić information content (AvgIpc) is 2.70. The first-order valence-corrected chi connectivity index (χ1v) is 5.96. The molecule has 2 unspecified atom stereocenters. The van der Waals surface area contributed by atoms with Crippen molar-refractivity contribution in [2.45, 2.75) is 26.0 Å². The van der Waals surface area contributed by atoms with E-state index in [1.165, 1.54) is 18.2 Å². The van der Waals surface area contributed by atoms with Crippen LogP contribution < -0.4 is 5.32 Å². The Bertz CT molecular complexity index is 384. The van der Waals surface area contributed by atoms with Gasteiger partial charge >= 0.3 is 0 Å². The maximum absolute atomic E-state index is 13.0. The van der Waals surface area contributed by atoms with Gasteiger partial charge in [0.1, 0.15) is 11.6 Å². The molecule has 1 aliphatic rings. The number of nitrogens with one attached hydrogen (secondary N) is 1. The molecule has 3 nitrogen and oxygen atoms in total. The first kappa shape index (κ1) is 12.3. The summed E-state index contributed by atoms with van der Waals surface area (Å²) in [4.78, 5) is 0. The molecule has 2 atom stereocenters. The van der Waals surface area contributed by atoms with Crippen molar-refractivity contribution in [1.82, 2.24) is 5.32 Å². The van der Waals surface area contributed by atoms with Gasteiger partial charge in [-0.2, -0.15) is 0 Å². The third-order valence-electron chi connectivity index (χ3n) is 3.30. The van der Waals surface area contributed by atoms with Gasteiger partial charge in [-0.05, 0) is 37.5 Å². The van der Waals surface area contributed by atoms with Crippen molar-refractivity contribution >= 4 is 0 Å². The van der Waals surface area contributed by atoms with Crippen LogP contribution in [0.25, 0.3) is 0 Å². The lowest BCUT2D eigenvalue weighted by Gasteiger charge is -2.15. The van der Waals surface area contributed by atoms with Gasteiger partial charge in [0, 0.05) is 25.3 Å². The molecule has 2 N–H and O–H groups in total. The lowest BCUT2D eigenvalue weighted by atomic mass is 10.0. The number of hydrogen-bond acceptors (Lipinski definition) is 3. The van der Waals surface area contributed by atoms with Gasteiger partial charge < -0.3 is 15.2 Å². The molecule has 0 aliphatic carbocycles. The normalized spacial score (nSPS) is 24.1. The van der Waals surface area contributed by atoms with E-state index in [2.05, 4.69) is 12.2 Å². The predicted octanol–water partition coefficient (Wildman–Crippen LogP) is 2.05. The van der Waals surface area contributed by atoms with Gasteiger partial charge in [0.05, 0.1) is 6.10 Å². The molecule has 1 saturated heterocycles. The van der Waals surface area contributed by atoms with Crippen LogP contribution in [0.15, 0.2) is 18.2 Å². The highest BCUT2D eigenvalue weighted by molar-refractivity contribution is 5.32. The molecule has 0 amide bonds. The van der Waals surface area contributed by atoms with Crippen LogP contribution in [-0.2, 0) is 11.3 Å². The molecular formula is C13H18FNO2. The predicted molar refractivity (Wildman–Crippen MR) is 63.3 cm³/mol. The smallest absolute Gasteiger partial charge is 0.123 e. The van der Waals surface area contributed by atoms with Gasteiger partial charge in [-0.15, -0.1) is 0 Å². The van der Waals surface area contributed by atoms with E-state index in [-0.39, 0.29) is 17.7 Å².